The molecule has 0 aromatic heterocycles. The second kappa shape index (κ2) is 6.15. The van der Waals surface area contributed by atoms with Crippen molar-refractivity contribution in [2.45, 2.75) is 13.8 Å². The van der Waals surface area contributed by atoms with Crippen LogP contribution in [0.25, 0.3) is 0 Å². The first-order valence-corrected chi connectivity index (χ1v) is 8.39. The zero-order chi connectivity index (χ0) is 18.3. The highest BCUT2D eigenvalue weighted by atomic mass is 16.5. The van der Waals surface area contributed by atoms with Crippen molar-refractivity contribution in [3.63, 3.8) is 0 Å². The molecule has 4 nitrogen and oxygen atoms in total. The van der Waals surface area contributed by atoms with E-state index in [1.165, 1.54) is 4.90 Å². The molecule has 2 amide bonds. The molecule has 1 aliphatic rings. The highest BCUT2D eigenvalue weighted by Gasteiger charge is 2.39. The van der Waals surface area contributed by atoms with Crippen molar-refractivity contribution in [1.82, 2.24) is 0 Å². The molecule has 0 bridgehead atoms. The largest absolute Gasteiger partial charge is 0.455 e. The summed E-state index contributed by atoms with van der Waals surface area (Å²) in [5.74, 6) is 0.471. The van der Waals surface area contributed by atoms with Gasteiger partial charge >= 0.3 is 0 Å². The molecular formula is C22H17NO3. The molecule has 0 N–H and O–H groups in total. The molecule has 0 saturated heterocycles. The summed E-state index contributed by atoms with van der Waals surface area (Å²) in [6.45, 7) is 3.80. The molecule has 26 heavy (non-hydrogen) atoms. The number of benzene rings is 3. The van der Waals surface area contributed by atoms with Crippen LogP contribution in [0.5, 0.6) is 11.5 Å². The number of carbonyl (C=O) groups excluding carboxylic acids is 2. The summed E-state index contributed by atoms with van der Waals surface area (Å²) in [5, 5.41) is 0. The van der Waals surface area contributed by atoms with Crippen LogP contribution in [0.4, 0.5) is 5.69 Å². The number of aryl methyl sites for hydroxylation is 1. The molecule has 0 saturated carbocycles. The molecule has 0 atom stereocenters. The molecule has 1 heterocycles. The molecule has 3 aromatic rings. The van der Waals surface area contributed by atoms with Gasteiger partial charge in [-0.15, -0.1) is 0 Å². The van der Waals surface area contributed by atoms with Crippen LogP contribution in [-0.2, 0) is 0 Å². The van der Waals surface area contributed by atoms with Crippen LogP contribution in [0.1, 0.15) is 31.8 Å². The van der Waals surface area contributed by atoms with Crippen LogP contribution in [0.15, 0.2) is 66.7 Å². The number of carbonyl (C=O) groups is 2. The van der Waals surface area contributed by atoms with Crippen LogP contribution >= 0.6 is 0 Å². The monoisotopic (exact) mass is 343 g/mol. The Morgan fingerprint density at radius 3 is 2.23 bits per heavy atom. The molecule has 3 aromatic carbocycles. The standard InChI is InChI=1S/C22H17NO3/c1-14-12-13-17-20(15(14)2)22(25)23(21(17)24)18-10-6-7-11-19(18)26-16-8-4-3-5-9-16/h3-13H,1-2H3. The maximum Gasteiger partial charge on any atom is 0.266 e. The molecule has 0 spiro atoms. The van der Waals surface area contributed by atoms with Gasteiger partial charge in [-0.3, -0.25) is 9.59 Å². The molecule has 0 unspecified atom stereocenters. The maximum absolute atomic E-state index is 13.0. The molecular weight excluding hydrogens is 326 g/mol. The van der Waals surface area contributed by atoms with E-state index in [1.807, 2.05) is 56.3 Å². The zero-order valence-electron chi connectivity index (χ0n) is 14.5. The quantitative estimate of drug-likeness (QED) is 0.636. The predicted molar refractivity (Wildman–Crippen MR) is 100 cm³/mol. The second-order valence-electron chi connectivity index (χ2n) is 6.26. The van der Waals surface area contributed by atoms with E-state index in [0.29, 0.717) is 28.3 Å². The van der Waals surface area contributed by atoms with E-state index in [9.17, 15) is 9.59 Å². The van der Waals surface area contributed by atoms with Gasteiger partial charge in [0.05, 0.1) is 16.8 Å². The summed E-state index contributed by atoms with van der Waals surface area (Å²) in [6.07, 6.45) is 0. The summed E-state index contributed by atoms with van der Waals surface area (Å²) in [6, 6.07) is 20.0. The van der Waals surface area contributed by atoms with Gasteiger partial charge in [-0.1, -0.05) is 36.4 Å². The van der Waals surface area contributed by atoms with Crippen molar-refractivity contribution in [1.29, 1.82) is 0 Å². The third-order valence-electron chi connectivity index (χ3n) is 4.66. The Hall–Kier alpha value is -3.40. The van der Waals surface area contributed by atoms with Gasteiger partial charge < -0.3 is 4.74 Å². The van der Waals surface area contributed by atoms with Gasteiger partial charge in [-0.2, -0.15) is 0 Å². The van der Waals surface area contributed by atoms with Crippen molar-refractivity contribution in [2.75, 3.05) is 4.90 Å². The van der Waals surface area contributed by atoms with Gasteiger partial charge in [-0.05, 0) is 55.3 Å². The van der Waals surface area contributed by atoms with E-state index in [2.05, 4.69) is 0 Å². The van der Waals surface area contributed by atoms with Crippen LogP contribution in [0.3, 0.4) is 0 Å². The van der Waals surface area contributed by atoms with Crippen molar-refractivity contribution >= 4 is 17.5 Å². The van der Waals surface area contributed by atoms with Crippen LogP contribution in [0.2, 0.25) is 0 Å². The third kappa shape index (κ3) is 2.47. The lowest BCUT2D eigenvalue weighted by Gasteiger charge is -2.18. The number of anilines is 1. The SMILES string of the molecule is Cc1ccc2c(c1C)C(=O)N(c1ccccc1Oc1ccccc1)C2=O. The molecule has 4 heteroatoms. The Kier molecular flexibility index (Phi) is 3.81. The minimum atomic E-state index is -0.322. The molecule has 0 aliphatic carbocycles. The van der Waals surface area contributed by atoms with Gasteiger partial charge in [0.25, 0.3) is 11.8 Å². The summed E-state index contributed by atoms with van der Waals surface area (Å²) in [7, 11) is 0. The highest BCUT2D eigenvalue weighted by Crippen LogP contribution is 2.38. The highest BCUT2D eigenvalue weighted by molar-refractivity contribution is 6.35. The lowest BCUT2D eigenvalue weighted by atomic mass is 9.99. The van der Waals surface area contributed by atoms with Crippen LogP contribution in [-0.4, -0.2) is 11.8 Å². The molecule has 0 fully saturated rings. The molecule has 1 aliphatic heterocycles. The van der Waals surface area contributed by atoms with Gasteiger partial charge in [0, 0.05) is 0 Å². The fraction of sp³-hybridized carbons (Fsp3) is 0.0909. The summed E-state index contributed by atoms with van der Waals surface area (Å²) < 4.78 is 5.93. The molecule has 4 rings (SSSR count). The van der Waals surface area contributed by atoms with Crippen LogP contribution < -0.4 is 9.64 Å². The lowest BCUT2D eigenvalue weighted by Crippen LogP contribution is -2.29. The number of hydrogen-bond donors (Lipinski definition) is 0. The minimum absolute atomic E-state index is 0.310. The summed E-state index contributed by atoms with van der Waals surface area (Å²) in [4.78, 5) is 27.2. The Bertz CT molecular complexity index is 1020. The van der Waals surface area contributed by atoms with Gasteiger partial charge in [0.1, 0.15) is 5.75 Å². The Morgan fingerprint density at radius 2 is 1.46 bits per heavy atom. The number of fused-ring (bicyclic) bond motifs is 1. The first-order valence-electron chi connectivity index (χ1n) is 8.39. The van der Waals surface area contributed by atoms with Gasteiger partial charge in [0.15, 0.2) is 5.75 Å². The third-order valence-corrected chi connectivity index (χ3v) is 4.66. The smallest absolute Gasteiger partial charge is 0.266 e. The predicted octanol–water partition coefficient (Wildman–Crippen LogP) is 4.90. The number of rotatable bonds is 3. The number of nitrogens with zero attached hydrogens (tertiary/aromatic N) is 1. The first-order chi connectivity index (χ1) is 12.6. The van der Waals surface area contributed by atoms with Crippen molar-refractivity contribution in [2.24, 2.45) is 0 Å². The Labute approximate surface area is 151 Å². The summed E-state index contributed by atoms with van der Waals surface area (Å²) >= 11 is 0. The van der Waals surface area contributed by atoms with E-state index < -0.39 is 0 Å². The van der Waals surface area contributed by atoms with Crippen molar-refractivity contribution in [3.8, 4) is 11.5 Å². The van der Waals surface area contributed by atoms with Crippen LogP contribution in [0, 0.1) is 13.8 Å². The van der Waals surface area contributed by atoms with E-state index in [4.69, 9.17) is 4.74 Å². The second-order valence-corrected chi connectivity index (χ2v) is 6.26. The number of hydrogen-bond acceptors (Lipinski definition) is 3. The van der Waals surface area contributed by atoms with E-state index in [-0.39, 0.29) is 11.8 Å². The molecule has 0 radical (unpaired) electrons. The fourth-order valence-corrected chi connectivity index (χ4v) is 3.16. The average molecular weight is 343 g/mol. The van der Waals surface area contributed by atoms with E-state index in [1.54, 1.807) is 24.3 Å². The number of amides is 2. The number of ether oxygens (including phenoxy) is 1. The normalized spacial score (nSPS) is 13.1. The van der Waals surface area contributed by atoms with Gasteiger partial charge in [0.2, 0.25) is 0 Å². The first kappa shape index (κ1) is 16.1. The summed E-state index contributed by atoms with van der Waals surface area (Å²) in [5.41, 5.74) is 3.18. The zero-order valence-corrected chi connectivity index (χ0v) is 14.5. The Balaban J connectivity index is 1.79. The maximum atomic E-state index is 13.0. The number of imide groups is 1. The number of para-hydroxylation sites is 3. The van der Waals surface area contributed by atoms with Gasteiger partial charge in [-0.25, -0.2) is 4.90 Å². The molecule has 128 valence electrons. The van der Waals surface area contributed by atoms with Crippen molar-refractivity contribution in [3.05, 3.63) is 89.0 Å². The lowest BCUT2D eigenvalue weighted by molar-refractivity contribution is 0.0925. The Morgan fingerprint density at radius 1 is 0.769 bits per heavy atom. The topological polar surface area (TPSA) is 46.6 Å². The van der Waals surface area contributed by atoms with E-state index >= 15 is 0 Å². The minimum Gasteiger partial charge on any atom is -0.455 e. The van der Waals surface area contributed by atoms with E-state index in [0.717, 1.165) is 11.1 Å². The average Bonchev–Trinajstić information content (AvgIpc) is 2.90. The fourth-order valence-electron chi connectivity index (χ4n) is 3.16. The van der Waals surface area contributed by atoms with Crippen molar-refractivity contribution < 1.29 is 14.3 Å².